The molecule has 2 fully saturated rings. The number of benzene rings is 1. The maximum atomic E-state index is 13.2. The lowest BCUT2D eigenvalue weighted by molar-refractivity contribution is -0.137. The van der Waals surface area contributed by atoms with Crippen LogP contribution >= 0.6 is 0 Å². The average Bonchev–Trinajstić information content (AvgIpc) is 2.73. The molecule has 8 heteroatoms. The molecular formula is C23H35F3N4O. The molecule has 1 aromatic rings. The van der Waals surface area contributed by atoms with E-state index in [-0.39, 0.29) is 5.41 Å². The van der Waals surface area contributed by atoms with Gasteiger partial charge in [-0.15, -0.1) is 0 Å². The first kappa shape index (κ1) is 23.9. The second-order valence-electron chi connectivity index (χ2n) is 8.74. The van der Waals surface area contributed by atoms with Crippen molar-refractivity contribution < 1.29 is 17.9 Å². The number of piperidine rings is 1. The molecule has 0 radical (unpaired) electrons. The Kier molecular flexibility index (Phi) is 8.22. The molecule has 2 aliphatic rings. The van der Waals surface area contributed by atoms with E-state index in [4.69, 9.17) is 4.74 Å². The number of nitrogens with zero attached hydrogens (tertiary/aromatic N) is 2. The first-order chi connectivity index (χ1) is 14.9. The molecule has 1 aliphatic heterocycles. The van der Waals surface area contributed by atoms with Crippen LogP contribution in [-0.4, -0.2) is 63.8 Å². The quantitative estimate of drug-likeness (QED) is 0.367. The number of methoxy groups -OCH3 is 1. The van der Waals surface area contributed by atoms with Gasteiger partial charge in [-0.25, -0.2) is 0 Å². The Morgan fingerprint density at radius 2 is 2.00 bits per heavy atom. The molecule has 31 heavy (non-hydrogen) atoms. The highest BCUT2D eigenvalue weighted by molar-refractivity contribution is 5.80. The van der Waals surface area contributed by atoms with Gasteiger partial charge in [-0.05, 0) is 43.7 Å². The molecule has 0 bridgehead atoms. The van der Waals surface area contributed by atoms with Gasteiger partial charge in [-0.3, -0.25) is 4.99 Å². The number of ether oxygens (including phenoxy) is 1. The van der Waals surface area contributed by atoms with Crippen LogP contribution < -0.4 is 10.6 Å². The number of hydrogen-bond acceptors (Lipinski definition) is 3. The van der Waals surface area contributed by atoms with Gasteiger partial charge >= 0.3 is 6.18 Å². The SMILES string of the molecule is CN=C(NCC1(c2cccc(C(F)(F)F)c2)CCC1)NC1CCN(CCCOC)CC1. The van der Waals surface area contributed by atoms with Crippen molar-refractivity contribution in [3.63, 3.8) is 0 Å². The average molecular weight is 441 g/mol. The van der Waals surface area contributed by atoms with Crippen molar-refractivity contribution in [2.75, 3.05) is 46.9 Å². The Labute approximate surface area is 183 Å². The van der Waals surface area contributed by atoms with E-state index in [1.807, 2.05) is 6.07 Å². The molecule has 1 saturated carbocycles. The molecule has 0 unspecified atom stereocenters. The van der Waals surface area contributed by atoms with Crippen LogP contribution in [0.1, 0.15) is 49.7 Å². The number of hydrogen-bond donors (Lipinski definition) is 2. The second-order valence-corrected chi connectivity index (χ2v) is 8.74. The van der Waals surface area contributed by atoms with Crippen molar-refractivity contribution in [3.05, 3.63) is 35.4 Å². The zero-order chi connectivity index (χ0) is 22.3. The van der Waals surface area contributed by atoms with Crippen molar-refractivity contribution in [2.45, 2.75) is 56.2 Å². The fraction of sp³-hybridized carbons (Fsp3) is 0.696. The van der Waals surface area contributed by atoms with Gasteiger partial charge in [0.2, 0.25) is 0 Å². The number of aliphatic imine (C=N–C) groups is 1. The fourth-order valence-corrected chi connectivity index (χ4v) is 4.57. The van der Waals surface area contributed by atoms with Crippen molar-refractivity contribution in [3.8, 4) is 0 Å². The summed E-state index contributed by atoms with van der Waals surface area (Å²) in [6, 6.07) is 6.16. The lowest BCUT2D eigenvalue weighted by Crippen LogP contribution is -2.52. The van der Waals surface area contributed by atoms with Gasteiger partial charge < -0.3 is 20.3 Å². The number of rotatable bonds is 8. The predicted molar refractivity (Wildman–Crippen MR) is 117 cm³/mol. The lowest BCUT2D eigenvalue weighted by atomic mass is 9.64. The van der Waals surface area contributed by atoms with Gasteiger partial charge in [-0.1, -0.05) is 24.6 Å². The summed E-state index contributed by atoms with van der Waals surface area (Å²) in [5.41, 5.74) is -0.0687. The third kappa shape index (κ3) is 6.35. The van der Waals surface area contributed by atoms with Crippen molar-refractivity contribution >= 4 is 5.96 Å². The minimum atomic E-state index is -4.32. The fourth-order valence-electron chi connectivity index (χ4n) is 4.57. The minimum Gasteiger partial charge on any atom is -0.385 e. The molecule has 1 aliphatic carbocycles. The van der Waals surface area contributed by atoms with Gasteiger partial charge in [0, 0.05) is 58.4 Å². The van der Waals surface area contributed by atoms with Crippen molar-refractivity contribution in [2.24, 2.45) is 4.99 Å². The molecule has 0 amide bonds. The van der Waals surface area contributed by atoms with Crippen LogP contribution in [0.2, 0.25) is 0 Å². The van der Waals surface area contributed by atoms with Crippen molar-refractivity contribution in [1.29, 1.82) is 0 Å². The van der Waals surface area contributed by atoms with Crippen LogP contribution in [0, 0.1) is 0 Å². The molecule has 1 aromatic carbocycles. The van der Waals surface area contributed by atoms with Crippen LogP contribution in [0.15, 0.2) is 29.3 Å². The van der Waals surface area contributed by atoms with E-state index in [1.165, 1.54) is 12.1 Å². The summed E-state index contributed by atoms with van der Waals surface area (Å²) in [5, 5.41) is 6.91. The Bertz CT molecular complexity index is 726. The van der Waals surface area contributed by atoms with E-state index in [0.29, 0.717) is 12.6 Å². The number of guanidine groups is 1. The second kappa shape index (κ2) is 10.7. The number of alkyl halides is 3. The lowest BCUT2D eigenvalue weighted by Gasteiger charge is -2.43. The largest absolute Gasteiger partial charge is 0.416 e. The molecule has 1 heterocycles. The van der Waals surface area contributed by atoms with E-state index >= 15 is 0 Å². The van der Waals surface area contributed by atoms with E-state index in [1.54, 1.807) is 14.2 Å². The van der Waals surface area contributed by atoms with Crippen LogP contribution in [0.5, 0.6) is 0 Å². The van der Waals surface area contributed by atoms with Gasteiger partial charge in [0.1, 0.15) is 0 Å². The predicted octanol–water partition coefficient (Wildman–Crippen LogP) is 3.79. The van der Waals surface area contributed by atoms with Crippen molar-refractivity contribution in [1.82, 2.24) is 15.5 Å². The number of halogens is 3. The molecule has 3 rings (SSSR count). The first-order valence-electron chi connectivity index (χ1n) is 11.2. The van der Waals surface area contributed by atoms with Crippen LogP contribution in [0.25, 0.3) is 0 Å². The zero-order valence-corrected chi connectivity index (χ0v) is 18.6. The van der Waals surface area contributed by atoms with Crippen LogP contribution in [0.4, 0.5) is 13.2 Å². The first-order valence-corrected chi connectivity index (χ1v) is 11.2. The summed E-state index contributed by atoms with van der Waals surface area (Å²) < 4.78 is 44.6. The summed E-state index contributed by atoms with van der Waals surface area (Å²) in [6.45, 7) is 4.54. The summed E-state index contributed by atoms with van der Waals surface area (Å²) in [6.07, 6.45) is 1.64. The molecule has 2 N–H and O–H groups in total. The van der Waals surface area contributed by atoms with E-state index in [2.05, 4.69) is 20.5 Å². The number of nitrogens with one attached hydrogen (secondary N) is 2. The monoisotopic (exact) mass is 440 g/mol. The summed E-state index contributed by atoms with van der Waals surface area (Å²) >= 11 is 0. The van der Waals surface area contributed by atoms with Gasteiger partial charge in [0.25, 0.3) is 0 Å². The summed E-state index contributed by atoms with van der Waals surface area (Å²) in [5.74, 6) is 0.732. The van der Waals surface area contributed by atoms with Crippen LogP contribution in [-0.2, 0) is 16.3 Å². The molecule has 174 valence electrons. The molecule has 0 atom stereocenters. The smallest absolute Gasteiger partial charge is 0.385 e. The normalized spacial score (nSPS) is 20.4. The van der Waals surface area contributed by atoms with E-state index in [0.717, 1.165) is 82.4 Å². The molecule has 0 aromatic heterocycles. The van der Waals surface area contributed by atoms with Gasteiger partial charge in [-0.2, -0.15) is 13.2 Å². The third-order valence-corrected chi connectivity index (χ3v) is 6.68. The maximum Gasteiger partial charge on any atom is 0.416 e. The standard InChI is InChI=1S/C23H35F3N4O/c1-27-21(29-20-8-13-30(14-9-20)12-5-15-31-2)28-17-22(10-4-11-22)18-6-3-7-19(16-18)23(24,25)26/h3,6-7,16,20H,4-5,8-15,17H2,1-2H3,(H2,27,28,29). The zero-order valence-electron chi connectivity index (χ0n) is 18.6. The highest BCUT2D eigenvalue weighted by Crippen LogP contribution is 2.44. The molecule has 5 nitrogen and oxygen atoms in total. The third-order valence-electron chi connectivity index (χ3n) is 6.68. The van der Waals surface area contributed by atoms with Crippen LogP contribution in [0.3, 0.4) is 0 Å². The Hall–Kier alpha value is -1.80. The topological polar surface area (TPSA) is 48.9 Å². The van der Waals surface area contributed by atoms with E-state index in [9.17, 15) is 13.2 Å². The molecule has 1 saturated heterocycles. The molecular weight excluding hydrogens is 405 g/mol. The summed E-state index contributed by atoms with van der Waals surface area (Å²) in [4.78, 5) is 6.82. The van der Waals surface area contributed by atoms with Gasteiger partial charge in [0.15, 0.2) is 5.96 Å². The maximum absolute atomic E-state index is 13.2. The van der Waals surface area contributed by atoms with E-state index < -0.39 is 11.7 Å². The Morgan fingerprint density at radius 3 is 2.58 bits per heavy atom. The summed E-state index contributed by atoms with van der Waals surface area (Å²) in [7, 11) is 3.47. The highest BCUT2D eigenvalue weighted by atomic mass is 19.4. The Balaban J connectivity index is 1.52. The Morgan fingerprint density at radius 1 is 1.26 bits per heavy atom. The molecule has 0 spiro atoms. The highest BCUT2D eigenvalue weighted by Gasteiger charge is 2.40. The van der Waals surface area contributed by atoms with Gasteiger partial charge in [0.05, 0.1) is 5.56 Å². The number of likely N-dealkylation sites (tertiary alicyclic amines) is 1. The minimum absolute atomic E-state index is 0.260.